The van der Waals surface area contributed by atoms with E-state index in [-0.39, 0.29) is 5.41 Å². The van der Waals surface area contributed by atoms with Crippen molar-refractivity contribution < 1.29 is 0 Å². The van der Waals surface area contributed by atoms with Crippen LogP contribution in [0.25, 0.3) is 0 Å². The first-order chi connectivity index (χ1) is 9.82. The van der Waals surface area contributed by atoms with Gasteiger partial charge in [0.2, 0.25) is 0 Å². The van der Waals surface area contributed by atoms with Crippen molar-refractivity contribution in [3.63, 3.8) is 0 Å². The highest BCUT2D eigenvalue weighted by Crippen LogP contribution is 2.28. The minimum Gasteiger partial charge on any atom is -0.354 e. The average molecular weight is 311 g/mol. The molecule has 0 unspecified atom stereocenters. The van der Waals surface area contributed by atoms with Crippen LogP contribution in [0.3, 0.4) is 0 Å². The van der Waals surface area contributed by atoms with Crippen LogP contribution in [0.1, 0.15) is 45.5 Å². The highest BCUT2D eigenvalue weighted by atomic mass is 35.5. The Bertz CT molecular complexity index is 488. The van der Waals surface area contributed by atoms with Crippen LogP contribution in [0.5, 0.6) is 0 Å². The molecule has 2 rings (SSSR count). The maximum atomic E-state index is 6.33. The molecule has 0 bridgehead atoms. The highest BCUT2D eigenvalue weighted by molar-refractivity contribution is 6.30. The minimum absolute atomic E-state index is 0.0872. The lowest BCUT2D eigenvalue weighted by Crippen LogP contribution is -2.47. The summed E-state index contributed by atoms with van der Waals surface area (Å²) in [6.45, 7) is 16.0. The molecule has 0 saturated carbocycles. The molecule has 2 heterocycles. The summed E-state index contributed by atoms with van der Waals surface area (Å²) in [4.78, 5) is 14.1. The molecule has 0 amide bonds. The number of halogens is 1. The Kier molecular flexibility index (Phi) is 5.10. The molecule has 4 nitrogen and oxygen atoms in total. The molecule has 118 valence electrons. The molecule has 1 aliphatic heterocycles. The zero-order valence-corrected chi connectivity index (χ0v) is 14.7. The van der Waals surface area contributed by atoms with Gasteiger partial charge in [0, 0.05) is 37.2 Å². The molecule has 1 fully saturated rings. The third-order valence-corrected chi connectivity index (χ3v) is 4.31. The van der Waals surface area contributed by atoms with E-state index in [0.29, 0.717) is 5.15 Å². The molecule has 1 aliphatic rings. The zero-order valence-electron chi connectivity index (χ0n) is 13.9. The third-order valence-electron chi connectivity index (χ3n) is 3.94. The summed E-state index contributed by atoms with van der Waals surface area (Å²) in [5.41, 5.74) is 0.907. The SMILES string of the molecule is CCCN1CCN(c2nc(C(C)(C)C)nc(Cl)c2C)CC1. The maximum Gasteiger partial charge on any atom is 0.137 e. The maximum absolute atomic E-state index is 6.33. The van der Waals surface area contributed by atoms with Gasteiger partial charge in [-0.3, -0.25) is 4.90 Å². The number of hydrogen-bond acceptors (Lipinski definition) is 4. The van der Waals surface area contributed by atoms with Gasteiger partial charge < -0.3 is 4.90 Å². The third kappa shape index (κ3) is 3.86. The standard InChI is InChI=1S/C16H27ClN4/c1-6-7-20-8-10-21(11-9-20)14-12(2)13(17)18-15(19-14)16(3,4)5/h6-11H2,1-5H3. The normalized spacial score (nSPS) is 17.3. The van der Waals surface area contributed by atoms with Crippen LogP contribution in [0.2, 0.25) is 5.15 Å². The lowest BCUT2D eigenvalue weighted by molar-refractivity contribution is 0.257. The van der Waals surface area contributed by atoms with Crippen molar-refractivity contribution in [2.45, 2.75) is 46.5 Å². The predicted octanol–water partition coefficient (Wildman–Crippen LogP) is 3.27. The molecule has 1 aromatic heterocycles. The summed E-state index contributed by atoms with van der Waals surface area (Å²) in [6, 6.07) is 0. The van der Waals surface area contributed by atoms with Gasteiger partial charge >= 0.3 is 0 Å². The quantitative estimate of drug-likeness (QED) is 0.802. The highest BCUT2D eigenvalue weighted by Gasteiger charge is 2.24. The molecule has 0 atom stereocenters. The van der Waals surface area contributed by atoms with Crippen LogP contribution in [0.4, 0.5) is 5.82 Å². The fourth-order valence-corrected chi connectivity index (χ4v) is 2.79. The number of piperazine rings is 1. The Hall–Kier alpha value is -0.870. The van der Waals surface area contributed by atoms with E-state index in [4.69, 9.17) is 16.6 Å². The van der Waals surface area contributed by atoms with E-state index in [2.05, 4.69) is 42.5 Å². The number of rotatable bonds is 3. The van der Waals surface area contributed by atoms with Crippen molar-refractivity contribution in [3.8, 4) is 0 Å². The van der Waals surface area contributed by atoms with Gasteiger partial charge in [0.25, 0.3) is 0 Å². The number of nitrogens with zero attached hydrogens (tertiary/aromatic N) is 4. The molecule has 0 N–H and O–H groups in total. The van der Waals surface area contributed by atoms with Crippen molar-refractivity contribution in [1.29, 1.82) is 0 Å². The summed E-state index contributed by atoms with van der Waals surface area (Å²) in [5, 5.41) is 0.584. The smallest absolute Gasteiger partial charge is 0.137 e. The van der Waals surface area contributed by atoms with Gasteiger partial charge in [-0.1, -0.05) is 39.3 Å². The van der Waals surface area contributed by atoms with Gasteiger partial charge in [-0.25, -0.2) is 9.97 Å². The van der Waals surface area contributed by atoms with Crippen LogP contribution in [0.15, 0.2) is 0 Å². The van der Waals surface area contributed by atoms with E-state index in [0.717, 1.165) is 43.4 Å². The second-order valence-electron chi connectivity index (χ2n) is 6.87. The van der Waals surface area contributed by atoms with E-state index >= 15 is 0 Å². The average Bonchev–Trinajstić information content (AvgIpc) is 2.42. The summed E-state index contributed by atoms with van der Waals surface area (Å²) in [6.07, 6.45) is 1.21. The number of aromatic nitrogens is 2. The monoisotopic (exact) mass is 310 g/mol. The lowest BCUT2D eigenvalue weighted by Gasteiger charge is -2.36. The molecule has 1 saturated heterocycles. The van der Waals surface area contributed by atoms with Crippen molar-refractivity contribution in [2.24, 2.45) is 0 Å². The summed E-state index contributed by atoms with van der Waals surface area (Å²) >= 11 is 6.33. The Morgan fingerprint density at radius 1 is 1.10 bits per heavy atom. The number of anilines is 1. The molecule has 0 radical (unpaired) electrons. The van der Waals surface area contributed by atoms with Crippen molar-refractivity contribution in [1.82, 2.24) is 14.9 Å². The summed E-state index contributed by atoms with van der Waals surface area (Å²) in [7, 11) is 0. The van der Waals surface area contributed by atoms with Gasteiger partial charge in [0.1, 0.15) is 16.8 Å². The van der Waals surface area contributed by atoms with Gasteiger partial charge in [-0.05, 0) is 19.9 Å². The first-order valence-corrected chi connectivity index (χ1v) is 8.22. The van der Waals surface area contributed by atoms with Crippen LogP contribution < -0.4 is 4.90 Å². The second-order valence-corrected chi connectivity index (χ2v) is 7.22. The van der Waals surface area contributed by atoms with Crippen LogP contribution in [-0.4, -0.2) is 47.6 Å². The fourth-order valence-electron chi connectivity index (χ4n) is 2.62. The second kappa shape index (κ2) is 6.49. The summed E-state index contributed by atoms with van der Waals surface area (Å²) in [5.74, 6) is 1.83. The van der Waals surface area contributed by atoms with E-state index < -0.39 is 0 Å². The molecular weight excluding hydrogens is 284 g/mol. The minimum atomic E-state index is -0.0872. The molecule has 5 heteroatoms. The lowest BCUT2D eigenvalue weighted by atomic mass is 9.95. The van der Waals surface area contributed by atoms with E-state index in [1.54, 1.807) is 0 Å². The first-order valence-electron chi connectivity index (χ1n) is 7.85. The first kappa shape index (κ1) is 16.5. The fraction of sp³-hybridized carbons (Fsp3) is 0.750. The van der Waals surface area contributed by atoms with Crippen molar-refractivity contribution >= 4 is 17.4 Å². The molecule has 0 aliphatic carbocycles. The Morgan fingerprint density at radius 2 is 1.71 bits per heavy atom. The largest absolute Gasteiger partial charge is 0.354 e. The number of hydrogen-bond donors (Lipinski definition) is 0. The van der Waals surface area contributed by atoms with Crippen LogP contribution >= 0.6 is 11.6 Å². The predicted molar refractivity (Wildman–Crippen MR) is 89.4 cm³/mol. The van der Waals surface area contributed by atoms with Gasteiger partial charge in [-0.15, -0.1) is 0 Å². The van der Waals surface area contributed by atoms with Gasteiger partial charge in [0.15, 0.2) is 0 Å². The molecule has 0 aromatic carbocycles. The van der Waals surface area contributed by atoms with Gasteiger partial charge in [-0.2, -0.15) is 0 Å². The molecule has 0 spiro atoms. The van der Waals surface area contributed by atoms with Crippen LogP contribution in [0, 0.1) is 6.92 Å². The van der Waals surface area contributed by atoms with Crippen LogP contribution in [-0.2, 0) is 5.41 Å². The van der Waals surface area contributed by atoms with Crippen molar-refractivity contribution in [3.05, 3.63) is 16.5 Å². The molecular formula is C16H27ClN4. The molecule has 1 aromatic rings. The Labute approximate surface area is 133 Å². The molecule has 21 heavy (non-hydrogen) atoms. The van der Waals surface area contributed by atoms with E-state index in [9.17, 15) is 0 Å². The van der Waals surface area contributed by atoms with E-state index in [1.165, 1.54) is 13.0 Å². The zero-order chi connectivity index (χ0) is 15.6. The Balaban J connectivity index is 2.22. The topological polar surface area (TPSA) is 32.3 Å². The van der Waals surface area contributed by atoms with Gasteiger partial charge in [0.05, 0.1) is 0 Å². The Morgan fingerprint density at radius 3 is 2.24 bits per heavy atom. The van der Waals surface area contributed by atoms with Crippen molar-refractivity contribution in [2.75, 3.05) is 37.6 Å². The summed E-state index contributed by atoms with van der Waals surface area (Å²) < 4.78 is 0. The van der Waals surface area contributed by atoms with E-state index in [1.807, 2.05) is 6.92 Å².